The number of urea groups is 1. The number of nitrogens with zero attached hydrogens (tertiary/aromatic N) is 1. The summed E-state index contributed by atoms with van der Waals surface area (Å²) in [4.78, 5) is 23.7. The van der Waals surface area contributed by atoms with Gasteiger partial charge in [-0.3, -0.25) is 10.1 Å². The van der Waals surface area contributed by atoms with Crippen LogP contribution in [0.25, 0.3) is 0 Å². The summed E-state index contributed by atoms with van der Waals surface area (Å²) >= 11 is 0.886. The summed E-state index contributed by atoms with van der Waals surface area (Å²) in [6.45, 7) is 1.68. The first kappa shape index (κ1) is 18.1. The van der Waals surface area contributed by atoms with E-state index in [4.69, 9.17) is 10.5 Å². The highest BCUT2D eigenvalue weighted by molar-refractivity contribution is 7.11. The Balaban J connectivity index is 1.70. The SMILES string of the molecule is Cc1ccc(COc2nsc(NC(=O)NC3CCC3)c2C(N)=O)c(F)c1. The van der Waals surface area contributed by atoms with E-state index >= 15 is 0 Å². The summed E-state index contributed by atoms with van der Waals surface area (Å²) < 4.78 is 23.4. The van der Waals surface area contributed by atoms with Crippen molar-refractivity contribution in [1.29, 1.82) is 0 Å². The minimum absolute atomic E-state index is 0.0220. The first-order valence-electron chi connectivity index (χ1n) is 8.19. The molecule has 3 amide bonds. The number of nitrogens with two attached hydrogens (primary N) is 1. The third kappa shape index (κ3) is 4.10. The number of anilines is 1. The molecule has 1 aliphatic carbocycles. The zero-order valence-corrected chi connectivity index (χ0v) is 15.0. The van der Waals surface area contributed by atoms with Gasteiger partial charge in [0.2, 0.25) is 5.88 Å². The molecule has 1 heterocycles. The minimum Gasteiger partial charge on any atom is -0.471 e. The Bertz CT molecular complexity index is 835. The van der Waals surface area contributed by atoms with Crippen LogP contribution in [-0.4, -0.2) is 22.4 Å². The second-order valence-electron chi connectivity index (χ2n) is 6.17. The van der Waals surface area contributed by atoms with E-state index in [1.54, 1.807) is 19.1 Å². The van der Waals surface area contributed by atoms with E-state index < -0.39 is 17.8 Å². The first-order chi connectivity index (χ1) is 12.4. The summed E-state index contributed by atoms with van der Waals surface area (Å²) in [5, 5.41) is 5.58. The van der Waals surface area contributed by atoms with Crippen molar-refractivity contribution >= 4 is 28.5 Å². The van der Waals surface area contributed by atoms with Crippen molar-refractivity contribution in [2.45, 2.75) is 38.8 Å². The van der Waals surface area contributed by atoms with Gasteiger partial charge in [-0.05, 0) is 49.3 Å². The van der Waals surface area contributed by atoms with Crippen molar-refractivity contribution in [2.24, 2.45) is 5.73 Å². The predicted octanol–water partition coefficient (Wildman–Crippen LogP) is 2.94. The van der Waals surface area contributed by atoms with E-state index in [0.29, 0.717) is 5.56 Å². The molecule has 1 aromatic carbocycles. The molecule has 0 atom stereocenters. The van der Waals surface area contributed by atoms with Crippen molar-refractivity contribution < 1.29 is 18.7 Å². The summed E-state index contributed by atoms with van der Waals surface area (Å²) in [5.74, 6) is -1.21. The Morgan fingerprint density at radius 3 is 2.81 bits per heavy atom. The van der Waals surface area contributed by atoms with Crippen LogP contribution in [0.15, 0.2) is 18.2 Å². The van der Waals surface area contributed by atoms with Crippen LogP contribution in [0.3, 0.4) is 0 Å². The molecule has 26 heavy (non-hydrogen) atoms. The Morgan fingerprint density at radius 1 is 1.42 bits per heavy atom. The van der Waals surface area contributed by atoms with Crippen LogP contribution in [-0.2, 0) is 6.61 Å². The molecule has 4 N–H and O–H groups in total. The number of aromatic nitrogens is 1. The molecule has 1 saturated carbocycles. The smallest absolute Gasteiger partial charge is 0.320 e. The lowest BCUT2D eigenvalue weighted by Gasteiger charge is -2.26. The van der Waals surface area contributed by atoms with Crippen molar-refractivity contribution in [2.75, 3.05) is 5.32 Å². The molecule has 0 saturated heterocycles. The number of aryl methyl sites for hydroxylation is 1. The third-order valence-corrected chi connectivity index (χ3v) is 4.89. The van der Waals surface area contributed by atoms with E-state index in [1.807, 2.05) is 0 Å². The van der Waals surface area contributed by atoms with E-state index in [1.165, 1.54) is 6.07 Å². The lowest BCUT2D eigenvalue weighted by atomic mass is 9.93. The van der Waals surface area contributed by atoms with Gasteiger partial charge in [0.15, 0.2) is 0 Å². The molecule has 3 rings (SSSR count). The molecule has 0 bridgehead atoms. The predicted molar refractivity (Wildman–Crippen MR) is 95.9 cm³/mol. The molecule has 2 aromatic rings. The molecule has 0 radical (unpaired) electrons. The third-order valence-electron chi connectivity index (χ3n) is 4.15. The fourth-order valence-electron chi connectivity index (χ4n) is 2.47. The van der Waals surface area contributed by atoms with Crippen LogP contribution in [0.5, 0.6) is 5.88 Å². The number of rotatable bonds is 6. The van der Waals surface area contributed by atoms with Crippen LogP contribution in [0, 0.1) is 12.7 Å². The lowest BCUT2D eigenvalue weighted by molar-refractivity contribution is 0.0996. The molecule has 0 unspecified atom stereocenters. The zero-order valence-electron chi connectivity index (χ0n) is 14.2. The number of amides is 3. The van der Waals surface area contributed by atoms with Crippen LogP contribution < -0.4 is 21.1 Å². The number of ether oxygens (including phenoxy) is 1. The van der Waals surface area contributed by atoms with Crippen LogP contribution >= 0.6 is 11.5 Å². The molecule has 1 aliphatic rings. The van der Waals surface area contributed by atoms with Gasteiger partial charge < -0.3 is 15.8 Å². The van der Waals surface area contributed by atoms with Gasteiger partial charge in [-0.15, -0.1) is 0 Å². The number of primary amides is 1. The standard InChI is InChI=1S/C17H19FN4O3S/c1-9-5-6-10(12(18)7-9)8-25-15-13(14(19)23)16(26-22-15)21-17(24)20-11-3-2-4-11/h5-7,11H,2-4,8H2,1H3,(H2,19,23)(H2,20,21,24). The molecular formula is C17H19FN4O3S. The summed E-state index contributed by atoms with van der Waals surface area (Å²) in [5.41, 5.74) is 6.50. The largest absolute Gasteiger partial charge is 0.471 e. The van der Waals surface area contributed by atoms with Crippen LogP contribution in [0.2, 0.25) is 0 Å². The van der Waals surface area contributed by atoms with E-state index in [-0.39, 0.29) is 29.1 Å². The van der Waals surface area contributed by atoms with Gasteiger partial charge in [0.1, 0.15) is 23.0 Å². The van der Waals surface area contributed by atoms with Gasteiger partial charge in [0.25, 0.3) is 5.91 Å². The summed E-state index contributed by atoms with van der Waals surface area (Å²) in [6, 6.07) is 4.49. The number of benzene rings is 1. The highest BCUT2D eigenvalue weighted by Gasteiger charge is 2.24. The maximum atomic E-state index is 13.9. The Kier molecular flexibility index (Phi) is 5.36. The second kappa shape index (κ2) is 7.69. The normalized spacial score (nSPS) is 13.8. The Morgan fingerprint density at radius 2 is 2.19 bits per heavy atom. The number of carbonyl (C=O) groups excluding carboxylic acids is 2. The lowest BCUT2D eigenvalue weighted by Crippen LogP contribution is -2.41. The number of carbonyl (C=O) groups is 2. The fourth-order valence-corrected chi connectivity index (χ4v) is 3.21. The van der Waals surface area contributed by atoms with Gasteiger partial charge in [-0.25, -0.2) is 9.18 Å². The van der Waals surface area contributed by atoms with Crippen molar-refractivity contribution in [1.82, 2.24) is 9.69 Å². The average Bonchev–Trinajstić information content (AvgIpc) is 2.93. The number of hydrogen-bond acceptors (Lipinski definition) is 5. The summed E-state index contributed by atoms with van der Waals surface area (Å²) in [6.07, 6.45) is 2.97. The fraction of sp³-hybridized carbons (Fsp3) is 0.353. The topological polar surface area (TPSA) is 106 Å². The number of hydrogen-bond donors (Lipinski definition) is 3. The van der Waals surface area contributed by atoms with Gasteiger partial charge >= 0.3 is 6.03 Å². The monoisotopic (exact) mass is 378 g/mol. The minimum atomic E-state index is -0.780. The van der Waals surface area contributed by atoms with Crippen molar-refractivity contribution in [3.63, 3.8) is 0 Å². The molecule has 1 aromatic heterocycles. The zero-order chi connectivity index (χ0) is 18.7. The van der Waals surface area contributed by atoms with Crippen LogP contribution in [0.1, 0.15) is 40.7 Å². The van der Waals surface area contributed by atoms with Gasteiger partial charge in [0, 0.05) is 11.6 Å². The maximum Gasteiger partial charge on any atom is 0.320 e. The Labute approximate surface area is 153 Å². The van der Waals surface area contributed by atoms with Crippen LogP contribution in [0.4, 0.5) is 14.2 Å². The van der Waals surface area contributed by atoms with E-state index in [0.717, 1.165) is 36.4 Å². The van der Waals surface area contributed by atoms with E-state index in [2.05, 4.69) is 15.0 Å². The molecule has 1 fully saturated rings. The number of halogens is 1. The highest BCUT2D eigenvalue weighted by Crippen LogP contribution is 2.31. The maximum absolute atomic E-state index is 13.9. The molecule has 9 heteroatoms. The quantitative estimate of drug-likeness (QED) is 0.718. The molecular weight excluding hydrogens is 359 g/mol. The average molecular weight is 378 g/mol. The van der Waals surface area contributed by atoms with E-state index in [9.17, 15) is 14.0 Å². The molecule has 138 valence electrons. The number of nitrogens with one attached hydrogen (secondary N) is 2. The molecule has 0 aliphatic heterocycles. The molecule has 0 spiro atoms. The van der Waals surface area contributed by atoms with Gasteiger partial charge in [0.05, 0.1) is 0 Å². The van der Waals surface area contributed by atoms with Gasteiger partial charge in [-0.1, -0.05) is 12.1 Å². The molecule has 7 nitrogen and oxygen atoms in total. The van der Waals surface area contributed by atoms with Crippen molar-refractivity contribution in [3.8, 4) is 5.88 Å². The van der Waals surface area contributed by atoms with Crippen molar-refractivity contribution in [3.05, 3.63) is 40.7 Å². The second-order valence-corrected chi connectivity index (χ2v) is 6.94. The Hall–Kier alpha value is -2.68. The first-order valence-corrected chi connectivity index (χ1v) is 8.96. The highest BCUT2D eigenvalue weighted by atomic mass is 32.1. The summed E-state index contributed by atoms with van der Waals surface area (Å²) in [7, 11) is 0. The van der Waals surface area contributed by atoms with Gasteiger partial charge in [-0.2, -0.15) is 4.37 Å².